The maximum atomic E-state index is 13.1. The van der Waals surface area contributed by atoms with Crippen LogP contribution in [0.4, 0.5) is 0 Å². The molecular weight excluding hydrogens is 400 g/mol. The van der Waals surface area contributed by atoms with Crippen molar-refractivity contribution in [2.75, 3.05) is 33.2 Å². The van der Waals surface area contributed by atoms with Crippen molar-refractivity contribution in [3.8, 4) is 0 Å². The van der Waals surface area contributed by atoms with Gasteiger partial charge < -0.3 is 5.32 Å². The van der Waals surface area contributed by atoms with E-state index in [1.807, 2.05) is 44.2 Å². The number of carbonyl (C=O) groups is 1. The van der Waals surface area contributed by atoms with Gasteiger partial charge in [0.1, 0.15) is 0 Å². The van der Waals surface area contributed by atoms with E-state index in [1.54, 1.807) is 15.7 Å². The van der Waals surface area contributed by atoms with Crippen LogP contribution in [-0.2, 0) is 15.0 Å². The standard InChI is InChI=1S/C22H36N4O3S/c1-18(20-10-6-4-7-11-20)23-22(27)19(2)25-14-16-26(17-15-25)30(28,29)24(3)21-12-8-5-9-13-21/h4,6-7,10-11,18-19,21H,5,8-9,12-17H2,1-3H3,(H,23,27). The molecule has 2 atom stereocenters. The lowest BCUT2D eigenvalue weighted by molar-refractivity contribution is -0.127. The smallest absolute Gasteiger partial charge is 0.282 e. The summed E-state index contributed by atoms with van der Waals surface area (Å²) >= 11 is 0. The summed E-state index contributed by atoms with van der Waals surface area (Å²) in [4.78, 5) is 14.8. The minimum Gasteiger partial charge on any atom is -0.348 e. The molecule has 8 heteroatoms. The van der Waals surface area contributed by atoms with Gasteiger partial charge >= 0.3 is 0 Å². The first-order valence-corrected chi connectivity index (χ1v) is 12.5. The molecule has 2 aliphatic rings. The van der Waals surface area contributed by atoms with E-state index >= 15 is 0 Å². The highest BCUT2D eigenvalue weighted by Gasteiger charge is 2.36. The highest BCUT2D eigenvalue weighted by molar-refractivity contribution is 7.86. The van der Waals surface area contributed by atoms with Gasteiger partial charge in [-0.3, -0.25) is 9.69 Å². The van der Waals surface area contributed by atoms with Gasteiger partial charge in [0.15, 0.2) is 0 Å². The van der Waals surface area contributed by atoms with E-state index < -0.39 is 10.2 Å². The van der Waals surface area contributed by atoms with Crippen LogP contribution < -0.4 is 5.32 Å². The van der Waals surface area contributed by atoms with Crippen LogP contribution >= 0.6 is 0 Å². The Bertz CT molecular complexity index is 788. The Hall–Kier alpha value is -1.48. The molecule has 0 bridgehead atoms. The van der Waals surface area contributed by atoms with E-state index in [0.29, 0.717) is 26.2 Å². The normalized spacial score (nSPS) is 22.0. The SMILES string of the molecule is CC(NC(=O)C(C)N1CCN(S(=O)(=O)N(C)C2CCCCC2)CC1)c1ccccc1. The average Bonchev–Trinajstić information content (AvgIpc) is 2.79. The first-order valence-electron chi connectivity index (χ1n) is 11.1. The maximum absolute atomic E-state index is 13.1. The predicted molar refractivity (Wildman–Crippen MR) is 119 cm³/mol. The van der Waals surface area contributed by atoms with Crippen molar-refractivity contribution < 1.29 is 13.2 Å². The quantitative estimate of drug-likeness (QED) is 0.712. The van der Waals surface area contributed by atoms with Gasteiger partial charge in [-0.05, 0) is 32.3 Å². The molecule has 1 saturated heterocycles. The summed E-state index contributed by atoms with van der Waals surface area (Å²) in [5.41, 5.74) is 1.07. The summed E-state index contributed by atoms with van der Waals surface area (Å²) in [6, 6.07) is 9.65. The summed E-state index contributed by atoms with van der Waals surface area (Å²) in [5.74, 6) is -0.0259. The number of amides is 1. The van der Waals surface area contributed by atoms with Gasteiger partial charge in [-0.2, -0.15) is 17.0 Å². The minimum absolute atomic E-state index is 0.0259. The fraction of sp³-hybridized carbons (Fsp3) is 0.682. The molecule has 1 saturated carbocycles. The second-order valence-electron chi connectivity index (χ2n) is 8.57. The van der Waals surface area contributed by atoms with E-state index in [1.165, 1.54) is 6.42 Å². The largest absolute Gasteiger partial charge is 0.348 e. The Morgan fingerprint density at radius 3 is 2.23 bits per heavy atom. The first-order chi connectivity index (χ1) is 14.3. The number of rotatable bonds is 7. The van der Waals surface area contributed by atoms with Crippen LogP contribution in [-0.4, -0.2) is 73.1 Å². The van der Waals surface area contributed by atoms with Gasteiger partial charge in [0, 0.05) is 39.3 Å². The lowest BCUT2D eigenvalue weighted by atomic mass is 9.96. The van der Waals surface area contributed by atoms with E-state index in [-0.39, 0.29) is 24.0 Å². The summed E-state index contributed by atoms with van der Waals surface area (Å²) in [7, 11) is -1.73. The molecule has 0 aromatic heterocycles. The van der Waals surface area contributed by atoms with Crippen molar-refractivity contribution in [2.45, 2.75) is 64.1 Å². The molecule has 2 unspecified atom stereocenters. The van der Waals surface area contributed by atoms with Crippen molar-refractivity contribution in [1.29, 1.82) is 0 Å². The number of hydrogen-bond donors (Lipinski definition) is 1. The topological polar surface area (TPSA) is 73.0 Å². The Labute approximate surface area is 181 Å². The number of nitrogens with zero attached hydrogens (tertiary/aromatic N) is 3. The van der Waals surface area contributed by atoms with Crippen molar-refractivity contribution >= 4 is 16.1 Å². The van der Waals surface area contributed by atoms with E-state index in [4.69, 9.17) is 0 Å². The third-order valence-electron chi connectivity index (χ3n) is 6.64. The minimum atomic E-state index is -3.45. The number of benzene rings is 1. The predicted octanol–water partition coefficient (Wildman–Crippen LogP) is 2.38. The average molecular weight is 437 g/mol. The summed E-state index contributed by atoms with van der Waals surface area (Å²) in [6.07, 6.45) is 5.31. The summed E-state index contributed by atoms with van der Waals surface area (Å²) < 4.78 is 29.3. The van der Waals surface area contributed by atoms with Crippen LogP contribution in [0, 0.1) is 0 Å². The van der Waals surface area contributed by atoms with Gasteiger partial charge in [-0.15, -0.1) is 0 Å². The molecule has 1 heterocycles. The molecule has 0 spiro atoms. The first kappa shape index (κ1) is 23.2. The molecule has 7 nitrogen and oxygen atoms in total. The van der Waals surface area contributed by atoms with Gasteiger partial charge in [0.2, 0.25) is 5.91 Å². The van der Waals surface area contributed by atoms with Crippen molar-refractivity contribution in [3.63, 3.8) is 0 Å². The Kier molecular flexibility index (Phi) is 7.90. The molecular formula is C22H36N4O3S. The van der Waals surface area contributed by atoms with Gasteiger partial charge in [-0.1, -0.05) is 49.6 Å². The molecule has 1 aliphatic heterocycles. The van der Waals surface area contributed by atoms with Crippen LogP contribution in [0.2, 0.25) is 0 Å². The van der Waals surface area contributed by atoms with Crippen LogP contribution in [0.15, 0.2) is 30.3 Å². The molecule has 1 aliphatic carbocycles. The number of hydrogen-bond acceptors (Lipinski definition) is 4. The zero-order valence-electron chi connectivity index (χ0n) is 18.5. The zero-order chi connectivity index (χ0) is 21.7. The van der Waals surface area contributed by atoms with Gasteiger partial charge in [0.05, 0.1) is 12.1 Å². The fourth-order valence-electron chi connectivity index (χ4n) is 4.46. The van der Waals surface area contributed by atoms with E-state index in [2.05, 4.69) is 10.2 Å². The second-order valence-corrected chi connectivity index (χ2v) is 10.6. The third-order valence-corrected chi connectivity index (χ3v) is 8.68. The highest BCUT2D eigenvalue weighted by Crippen LogP contribution is 2.25. The fourth-order valence-corrected chi connectivity index (χ4v) is 6.04. The third kappa shape index (κ3) is 5.41. The van der Waals surface area contributed by atoms with E-state index in [0.717, 1.165) is 31.2 Å². The molecule has 1 aromatic rings. The van der Waals surface area contributed by atoms with Crippen LogP contribution in [0.3, 0.4) is 0 Å². The number of piperazine rings is 1. The molecule has 168 valence electrons. The zero-order valence-corrected chi connectivity index (χ0v) is 19.3. The van der Waals surface area contributed by atoms with Crippen LogP contribution in [0.1, 0.15) is 57.6 Å². The Morgan fingerprint density at radius 1 is 1.03 bits per heavy atom. The highest BCUT2D eigenvalue weighted by atomic mass is 32.2. The van der Waals surface area contributed by atoms with Crippen LogP contribution in [0.5, 0.6) is 0 Å². The van der Waals surface area contributed by atoms with Crippen molar-refractivity contribution in [3.05, 3.63) is 35.9 Å². The summed E-state index contributed by atoms with van der Waals surface area (Å²) in [5, 5.41) is 3.08. The van der Waals surface area contributed by atoms with Crippen molar-refractivity contribution in [1.82, 2.24) is 18.8 Å². The Morgan fingerprint density at radius 2 is 1.63 bits per heavy atom. The van der Waals surface area contributed by atoms with Crippen LogP contribution in [0.25, 0.3) is 0 Å². The lowest BCUT2D eigenvalue weighted by Gasteiger charge is -2.40. The lowest BCUT2D eigenvalue weighted by Crippen LogP contribution is -2.57. The van der Waals surface area contributed by atoms with Gasteiger partial charge in [-0.25, -0.2) is 0 Å². The molecule has 1 aromatic carbocycles. The summed E-state index contributed by atoms with van der Waals surface area (Å²) in [6.45, 7) is 5.84. The maximum Gasteiger partial charge on any atom is 0.282 e. The Balaban J connectivity index is 1.52. The second kappa shape index (κ2) is 10.2. The molecule has 0 radical (unpaired) electrons. The van der Waals surface area contributed by atoms with Crippen molar-refractivity contribution in [2.24, 2.45) is 0 Å². The molecule has 2 fully saturated rings. The molecule has 1 amide bonds. The molecule has 1 N–H and O–H groups in total. The number of carbonyl (C=O) groups excluding carboxylic acids is 1. The molecule has 3 rings (SSSR count). The number of nitrogens with one attached hydrogen (secondary N) is 1. The molecule has 30 heavy (non-hydrogen) atoms. The van der Waals surface area contributed by atoms with Gasteiger partial charge in [0.25, 0.3) is 10.2 Å². The monoisotopic (exact) mass is 436 g/mol. The van der Waals surface area contributed by atoms with E-state index in [9.17, 15) is 13.2 Å².